The summed E-state index contributed by atoms with van der Waals surface area (Å²) >= 11 is 0. The Hall–Kier alpha value is -2.35. The Labute approximate surface area is 158 Å². The Bertz CT molecular complexity index is 836. The Balaban J connectivity index is 1.38. The number of nitrogens with zero attached hydrogens (tertiary/aromatic N) is 3. The van der Waals surface area contributed by atoms with Crippen LogP contribution >= 0.6 is 0 Å². The highest BCUT2D eigenvalue weighted by molar-refractivity contribution is 5.55. The van der Waals surface area contributed by atoms with E-state index in [-0.39, 0.29) is 0 Å². The van der Waals surface area contributed by atoms with Gasteiger partial charge >= 0.3 is 0 Å². The molecule has 0 spiro atoms. The summed E-state index contributed by atoms with van der Waals surface area (Å²) in [6.45, 7) is 1.95. The van der Waals surface area contributed by atoms with Crippen molar-refractivity contribution in [2.45, 2.75) is 50.7 Å². The van der Waals surface area contributed by atoms with E-state index < -0.39 is 5.60 Å². The summed E-state index contributed by atoms with van der Waals surface area (Å²) in [6.07, 6.45) is 5.15. The fourth-order valence-electron chi connectivity index (χ4n) is 5.64. The van der Waals surface area contributed by atoms with Gasteiger partial charge in [0.2, 0.25) is 11.8 Å². The minimum atomic E-state index is -0.436. The minimum Gasteiger partial charge on any atom is -0.481 e. The van der Waals surface area contributed by atoms with Crippen LogP contribution in [0.5, 0.6) is 5.88 Å². The van der Waals surface area contributed by atoms with Gasteiger partial charge in [0, 0.05) is 23.9 Å². The number of anilines is 3. The molecule has 0 radical (unpaired) electrons. The summed E-state index contributed by atoms with van der Waals surface area (Å²) in [5.41, 5.74) is 0.539. The van der Waals surface area contributed by atoms with Crippen molar-refractivity contribution in [3.63, 3.8) is 0 Å². The number of aromatic nitrogens is 4. The molecule has 8 heteroatoms. The Morgan fingerprint density at radius 2 is 1.93 bits per heavy atom. The maximum Gasteiger partial charge on any atom is 0.228 e. The molecular weight excluding hydrogens is 344 g/mol. The van der Waals surface area contributed by atoms with Crippen LogP contribution in [0.25, 0.3) is 0 Å². The van der Waals surface area contributed by atoms with E-state index in [0.717, 1.165) is 25.0 Å². The molecular formula is C19H26N6O2. The van der Waals surface area contributed by atoms with Gasteiger partial charge in [-0.3, -0.25) is 5.10 Å². The molecule has 2 heterocycles. The molecule has 4 N–H and O–H groups in total. The number of nitrogens with one attached hydrogen (secondary N) is 3. The van der Waals surface area contributed by atoms with E-state index in [1.807, 2.05) is 13.0 Å². The molecule has 2 aromatic rings. The van der Waals surface area contributed by atoms with Crippen LogP contribution in [0.1, 0.15) is 37.8 Å². The third kappa shape index (κ3) is 3.12. The molecule has 6 rings (SSSR count). The maximum absolute atomic E-state index is 10.8. The number of H-pyrrole nitrogens is 1. The highest BCUT2D eigenvalue weighted by Gasteiger charge is 2.54. The van der Waals surface area contributed by atoms with Crippen molar-refractivity contribution >= 4 is 17.6 Å². The zero-order chi connectivity index (χ0) is 18.6. The first kappa shape index (κ1) is 16.8. The predicted octanol–water partition coefficient (Wildman–Crippen LogP) is 2.61. The van der Waals surface area contributed by atoms with Crippen molar-refractivity contribution in [2.24, 2.45) is 17.8 Å². The van der Waals surface area contributed by atoms with Crippen molar-refractivity contribution in [1.29, 1.82) is 0 Å². The maximum atomic E-state index is 10.8. The molecule has 0 saturated heterocycles. The number of aromatic amines is 1. The monoisotopic (exact) mass is 370 g/mol. The largest absolute Gasteiger partial charge is 0.481 e. The van der Waals surface area contributed by atoms with Gasteiger partial charge in [-0.2, -0.15) is 15.1 Å². The van der Waals surface area contributed by atoms with E-state index in [1.54, 1.807) is 13.2 Å². The first-order valence-corrected chi connectivity index (χ1v) is 9.71. The van der Waals surface area contributed by atoms with Crippen molar-refractivity contribution in [2.75, 3.05) is 17.7 Å². The summed E-state index contributed by atoms with van der Waals surface area (Å²) in [6, 6.07) is 3.99. The normalized spacial score (nSPS) is 33.9. The summed E-state index contributed by atoms with van der Waals surface area (Å²) < 4.78 is 5.36. The Kier molecular flexibility index (Phi) is 3.79. The Morgan fingerprint density at radius 1 is 1.15 bits per heavy atom. The summed E-state index contributed by atoms with van der Waals surface area (Å²) in [5.74, 6) is 4.06. The number of hydrogen-bond acceptors (Lipinski definition) is 7. The van der Waals surface area contributed by atoms with E-state index in [0.29, 0.717) is 47.3 Å². The molecule has 144 valence electrons. The van der Waals surface area contributed by atoms with Gasteiger partial charge in [-0.1, -0.05) is 0 Å². The molecule has 0 aliphatic heterocycles. The lowest BCUT2D eigenvalue weighted by Crippen LogP contribution is -2.59. The van der Waals surface area contributed by atoms with Crippen LogP contribution in [0.3, 0.4) is 0 Å². The van der Waals surface area contributed by atoms with Crippen LogP contribution < -0.4 is 15.4 Å². The molecule has 4 bridgehead atoms. The highest BCUT2D eigenvalue weighted by Crippen LogP contribution is 2.56. The van der Waals surface area contributed by atoms with Gasteiger partial charge in [0.25, 0.3) is 0 Å². The molecule has 2 atom stereocenters. The van der Waals surface area contributed by atoms with Gasteiger partial charge in [-0.05, 0) is 56.8 Å². The molecule has 4 aliphatic carbocycles. The molecule has 4 saturated carbocycles. The molecule has 2 unspecified atom stereocenters. The minimum absolute atomic E-state index is 0.314. The van der Waals surface area contributed by atoms with E-state index in [2.05, 4.69) is 30.8 Å². The van der Waals surface area contributed by atoms with Gasteiger partial charge < -0.3 is 20.5 Å². The average Bonchev–Trinajstić information content (AvgIpc) is 3.01. The number of aryl methyl sites for hydroxylation is 1. The topological polar surface area (TPSA) is 108 Å². The highest BCUT2D eigenvalue weighted by atomic mass is 16.5. The lowest BCUT2D eigenvalue weighted by molar-refractivity contribution is -0.129. The fourth-order valence-corrected chi connectivity index (χ4v) is 5.64. The van der Waals surface area contributed by atoms with Crippen molar-refractivity contribution in [1.82, 2.24) is 20.2 Å². The summed E-state index contributed by atoms with van der Waals surface area (Å²) in [7, 11) is 1.60. The van der Waals surface area contributed by atoms with Crippen molar-refractivity contribution < 1.29 is 9.84 Å². The van der Waals surface area contributed by atoms with E-state index in [1.165, 1.54) is 12.8 Å². The van der Waals surface area contributed by atoms with Gasteiger partial charge in [0.15, 0.2) is 5.82 Å². The van der Waals surface area contributed by atoms with Gasteiger partial charge in [-0.15, -0.1) is 0 Å². The number of aliphatic hydroxyl groups is 1. The van der Waals surface area contributed by atoms with Gasteiger partial charge in [0.1, 0.15) is 5.82 Å². The zero-order valence-electron chi connectivity index (χ0n) is 15.7. The van der Waals surface area contributed by atoms with Crippen LogP contribution in [0.2, 0.25) is 0 Å². The van der Waals surface area contributed by atoms with Crippen LogP contribution in [-0.4, -0.2) is 44.0 Å². The van der Waals surface area contributed by atoms with Crippen LogP contribution in [0, 0.1) is 24.7 Å². The van der Waals surface area contributed by atoms with E-state index in [4.69, 9.17) is 4.74 Å². The first-order chi connectivity index (χ1) is 13.0. The number of hydrogen-bond donors (Lipinski definition) is 4. The lowest BCUT2D eigenvalue weighted by atomic mass is 9.52. The van der Waals surface area contributed by atoms with Crippen molar-refractivity contribution in [3.05, 3.63) is 17.8 Å². The molecule has 4 aliphatic rings. The molecule has 2 aromatic heterocycles. The summed E-state index contributed by atoms with van der Waals surface area (Å²) in [4.78, 5) is 9.12. The molecule has 0 aromatic carbocycles. The first-order valence-electron chi connectivity index (χ1n) is 9.71. The SMILES string of the molecule is COc1cc(Nc2cc(C)[nH]n2)nc(NC2C3CC4CC2CC(O)(C4)C3)n1. The molecule has 4 fully saturated rings. The third-order valence-corrected chi connectivity index (χ3v) is 6.41. The second-order valence-electron chi connectivity index (χ2n) is 8.54. The second kappa shape index (κ2) is 6.09. The summed E-state index contributed by atoms with van der Waals surface area (Å²) in [5, 5.41) is 24.6. The smallest absolute Gasteiger partial charge is 0.228 e. The standard InChI is InChI=1S/C19H26N6O2/c1-10-3-15(25-24-10)20-14-6-16(27-2)22-18(21-14)23-17-12-4-11-5-13(17)9-19(26,7-11)8-12/h3,6,11-13,17,26H,4-5,7-9H2,1-2H3,(H3,20,21,22,23,24,25). The number of rotatable bonds is 5. The second-order valence-corrected chi connectivity index (χ2v) is 8.54. The van der Waals surface area contributed by atoms with Gasteiger partial charge in [0.05, 0.1) is 12.7 Å². The average molecular weight is 370 g/mol. The third-order valence-electron chi connectivity index (χ3n) is 6.41. The van der Waals surface area contributed by atoms with E-state index >= 15 is 0 Å². The Morgan fingerprint density at radius 3 is 2.56 bits per heavy atom. The van der Waals surface area contributed by atoms with Crippen LogP contribution in [-0.2, 0) is 0 Å². The quantitative estimate of drug-likeness (QED) is 0.641. The number of ether oxygens (including phenoxy) is 1. The van der Waals surface area contributed by atoms with Gasteiger partial charge in [-0.25, -0.2) is 0 Å². The van der Waals surface area contributed by atoms with Crippen molar-refractivity contribution in [3.8, 4) is 5.88 Å². The number of methoxy groups -OCH3 is 1. The molecule has 27 heavy (non-hydrogen) atoms. The van der Waals surface area contributed by atoms with Crippen LogP contribution in [0.4, 0.5) is 17.6 Å². The predicted molar refractivity (Wildman–Crippen MR) is 101 cm³/mol. The molecule has 8 nitrogen and oxygen atoms in total. The fraction of sp³-hybridized carbons (Fsp3) is 0.632. The lowest BCUT2D eigenvalue weighted by Gasteiger charge is -2.58. The molecule has 0 amide bonds. The van der Waals surface area contributed by atoms with E-state index in [9.17, 15) is 5.11 Å². The zero-order valence-corrected chi connectivity index (χ0v) is 15.7. The van der Waals surface area contributed by atoms with Crippen LogP contribution in [0.15, 0.2) is 12.1 Å².